The molecule has 10 heteroatoms. The molecule has 0 fully saturated rings. The van der Waals surface area contributed by atoms with Crippen molar-refractivity contribution in [3.63, 3.8) is 0 Å². The van der Waals surface area contributed by atoms with E-state index in [1.807, 2.05) is 0 Å². The van der Waals surface area contributed by atoms with Crippen molar-refractivity contribution in [2.45, 2.75) is 9.79 Å². The van der Waals surface area contributed by atoms with Crippen LogP contribution in [0.2, 0.25) is 0 Å². The third-order valence-electron chi connectivity index (χ3n) is 2.77. The fourth-order valence-electron chi connectivity index (χ4n) is 1.83. The van der Waals surface area contributed by atoms with E-state index >= 15 is 0 Å². The van der Waals surface area contributed by atoms with E-state index < -0.39 is 11.9 Å². The molecule has 0 saturated heterocycles. The molecule has 0 aliphatic rings. The summed E-state index contributed by atoms with van der Waals surface area (Å²) in [7, 11) is 0. The van der Waals surface area contributed by atoms with Crippen LogP contribution in [0.5, 0.6) is 0 Å². The molecule has 0 radical (unpaired) electrons. The van der Waals surface area contributed by atoms with Crippen molar-refractivity contribution in [1.29, 1.82) is 10.5 Å². The summed E-state index contributed by atoms with van der Waals surface area (Å²) >= 11 is 1.17. The Morgan fingerprint density at radius 1 is 1.08 bits per heavy atom. The normalized spacial score (nSPS) is 9.75. The minimum Gasteiger partial charge on any atom is -0.478 e. The van der Waals surface area contributed by atoms with Crippen molar-refractivity contribution in [1.82, 2.24) is 9.97 Å². The summed E-state index contributed by atoms with van der Waals surface area (Å²) in [6.45, 7) is 0. The van der Waals surface area contributed by atoms with Crippen molar-refractivity contribution >= 4 is 35.5 Å². The number of rotatable bonds is 5. The van der Waals surface area contributed by atoms with Crippen LogP contribution in [0.25, 0.3) is 11.4 Å². The van der Waals surface area contributed by atoms with Gasteiger partial charge in [0, 0.05) is 12.4 Å². The number of thioether (sulfide) groups is 2. The third-order valence-corrected chi connectivity index (χ3v) is 4.08. The third kappa shape index (κ3) is 3.46. The summed E-state index contributed by atoms with van der Waals surface area (Å²) in [4.78, 5) is 30.8. The van der Waals surface area contributed by atoms with Crippen LogP contribution < -0.4 is 0 Å². The number of hydrogen-bond donors (Lipinski definition) is 2. The molecule has 118 valence electrons. The van der Waals surface area contributed by atoms with Gasteiger partial charge in [0.05, 0.1) is 26.6 Å². The van der Waals surface area contributed by atoms with Gasteiger partial charge in [-0.3, -0.25) is 9.97 Å². The van der Waals surface area contributed by atoms with Gasteiger partial charge in [0.25, 0.3) is 0 Å². The molecule has 0 aliphatic heterocycles. The van der Waals surface area contributed by atoms with Gasteiger partial charge in [-0.1, -0.05) is 0 Å². The molecule has 0 bridgehead atoms. The average Bonchev–Trinajstić information content (AvgIpc) is 2.55. The number of nitriles is 2. The lowest BCUT2D eigenvalue weighted by atomic mass is 10.1. The molecule has 0 saturated carbocycles. The maximum Gasteiger partial charge on any atom is 0.338 e. The lowest BCUT2D eigenvalue weighted by Crippen LogP contribution is -2.05. The number of aromatic carboxylic acids is 2. The highest BCUT2D eigenvalue weighted by atomic mass is 32.2. The highest BCUT2D eigenvalue weighted by Gasteiger charge is 2.23. The van der Waals surface area contributed by atoms with Crippen LogP contribution in [0, 0.1) is 21.3 Å². The van der Waals surface area contributed by atoms with Gasteiger partial charge in [-0.2, -0.15) is 10.5 Å². The molecule has 8 nitrogen and oxygen atoms in total. The fraction of sp³-hybridized carbons (Fsp3) is 0. The van der Waals surface area contributed by atoms with Gasteiger partial charge >= 0.3 is 11.9 Å². The highest BCUT2D eigenvalue weighted by molar-refractivity contribution is 8.04. The van der Waals surface area contributed by atoms with Gasteiger partial charge in [-0.05, 0) is 35.7 Å². The van der Waals surface area contributed by atoms with Crippen molar-refractivity contribution in [3.05, 3.63) is 35.7 Å². The first-order valence-corrected chi connectivity index (χ1v) is 7.70. The molecule has 0 aromatic carbocycles. The van der Waals surface area contributed by atoms with Crippen molar-refractivity contribution in [3.8, 4) is 22.2 Å². The first-order chi connectivity index (χ1) is 11.5. The van der Waals surface area contributed by atoms with Crippen LogP contribution in [-0.2, 0) is 0 Å². The van der Waals surface area contributed by atoms with Crippen LogP contribution in [0.15, 0.2) is 34.3 Å². The molecule has 24 heavy (non-hydrogen) atoms. The summed E-state index contributed by atoms with van der Waals surface area (Å²) in [6, 6.07) is 2.51. The summed E-state index contributed by atoms with van der Waals surface area (Å²) in [5, 5.41) is 39.7. The van der Waals surface area contributed by atoms with Gasteiger partial charge in [0.1, 0.15) is 16.5 Å². The fourth-order valence-corrected chi connectivity index (χ4v) is 3.03. The smallest absolute Gasteiger partial charge is 0.338 e. The first kappa shape index (κ1) is 17.3. The second-order valence-electron chi connectivity index (χ2n) is 4.10. The van der Waals surface area contributed by atoms with E-state index in [1.54, 1.807) is 10.8 Å². The number of pyridine rings is 2. The first-order valence-electron chi connectivity index (χ1n) is 6.07. The lowest BCUT2D eigenvalue weighted by Gasteiger charge is -2.11. The zero-order chi connectivity index (χ0) is 17.7. The second-order valence-corrected chi connectivity index (χ2v) is 5.72. The monoisotopic (exact) mass is 358 g/mol. The van der Waals surface area contributed by atoms with Crippen LogP contribution in [0.3, 0.4) is 0 Å². The summed E-state index contributed by atoms with van der Waals surface area (Å²) < 4.78 is 0. The molecular formula is C14H6N4O4S2. The van der Waals surface area contributed by atoms with Gasteiger partial charge in [0.15, 0.2) is 0 Å². The SMILES string of the molecule is N#CSc1cnc(-c2cc(C(=O)O)ccn2)c(SC#N)c1C(=O)O. The van der Waals surface area contributed by atoms with Crippen LogP contribution >= 0.6 is 23.5 Å². The Hall–Kier alpha value is -3.08. The number of carboxylic acids is 2. The minimum absolute atomic E-state index is 0.000267. The quantitative estimate of drug-likeness (QED) is 0.603. The number of thiocyanates is 2. The molecule has 2 aromatic heterocycles. The van der Waals surface area contributed by atoms with Crippen LogP contribution in [0.4, 0.5) is 0 Å². The molecule has 0 spiro atoms. The van der Waals surface area contributed by atoms with Gasteiger partial charge in [-0.25, -0.2) is 9.59 Å². The maximum absolute atomic E-state index is 11.6. The van der Waals surface area contributed by atoms with E-state index in [4.69, 9.17) is 15.6 Å². The lowest BCUT2D eigenvalue weighted by molar-refractivity contribution is 0.0681. The van der Waals surface area contributed by atoms with Crippen LogP contribution in [0.1, 0.15) is 20.7 Å². The molecule has 2 aromatic rings. The average molecular weight is 358 g/mol. The van der Waals surface area contributed by atoms with Gasteiger partial charge in [0.2, 0.25) is 0 Å². The topological polar surface area (TPSA) is 148 Å². The van der Waals surface area contributed by atoms with E-state index in [2.05, 4.69) is 9.97 Å². The van der Waals surface area contributed by atoms with Crippen molar-refractivity contribution in [2.24, 2.45) is 0 Å². The maximum atomic E-state index is 11.6. The Kier molecular flexibility index (Phi) is 5.37. The van der Waals surface area contributed by atoms with E-state index in [0.717, 1.165) is 0 Å². The van der Waals surface area contributed by atoms with Gasteiger partial charge in [-0.15, -0.1) is 0 Å². The number of hydrogen-bond acceptors (Lipinski definition) is 8. The van der Waals surface area contributed by atoms with Crippen molar-refractivity contribution < 1.29 is 19.8 Å². The predicted octanol–water partition coefficient (Wildman–Crippen LogP) is 2.69. The number of aromatic nitrogens is 2. The number of nitrogens with zero attached hydrogens (tertiary/aromatic N) is 4. The molecular weight excluding hydrogens is 352 g/mol. The molecule has 0 amide bonds. The van der Waals surface area contributed by atoms with Gasteiger partial charge < -0.3 is 10.2 Å². The largest absolute Gasteiger partial charge is 0.478 e. The Morgan fingerprint density at radius 3 is 2.38 bits per heavy atom. The van der Waals surface area contributed by atoms with Crippen LogP contribution in [-0.4, -0.2) is 32.1 Å². The van der Waals surface area contributed by atoms with E-state index in [9.17, 15) is 14.7 Å². The molecule has 0 atom stereocenters. The zero-order valence-electron chi connectivity index (χ0n) is 11.6. The molecule has 2 rings (SSSR count). The molecule has 2 heterocycles. The Morgan fingerprint density at radius 2 is 1.79 bits per heavy atom. The van der Waals surface area contributed by atoms with Crippen molar-refractivity contribution in [2.75, 3.05) is 0 Å². The number of carbonyl (C=O) groups is 2. The Labute approximate surface area is 143 Å². The predicted molar refractivity (Wildman–Crippen MR) is 84.3 cm³/mol. The Balaban J connectivity index is 2.75. The summed E-state index contributed by atoms with van der Waals surface area (Å²) in [5.74, 6) is -2.51. The highest BCUT2D eigenvalue weighted by Crippen LogP contribution is 2.36. The summed E-state index contributed by atoms with van der Waals surface area (Å²) in [6.07, 6.45) is 2.43. The van der Waals surface area contributed by atoms with E-state index in [0.29, 0.717) is 23.5 Å². The molecule has 2 N–H and O–H groups in total. The Bertz CT molecular complexity index is 918. The standard InChI is InChI=1S/C14H6N4O4S2/c15-5-23-9-4-18-11(12(24-6-16)10(9)14(21)22)8-3-7(13(19)20)1-2-17-8/h1-4H,(H,19,20)(H,21,22). The minimum atomic E-state index is -1.33. The molecule has 0 unspecified atom stereocenters. The molecule has 0 aliphatic carbocycles. The zero-order valence-corrected chi connectivity index (χ0v) is 13.3. The van der Waals surface area contributed by atoms with E-state index in [1.165, 1.54) is 24.5 Å². The van der Waals surface area contributed by atoms with E-state index in [-0.39, 0.29) is 32.3 Å². The second kappa shape index (κ2) is 7.46. The summed E-state index contributed by atoms with van der Waals surface area (Å²) in [5.41, 5.74) is -0.129. The number of carboxylic acid groups (broad SMARTS) is 2.